The lowest BCUT2D eigenvalue weighted by Gasteiger charge is -2.31. The minimum Gasteiger partial charge on any atom is -0.338 e. The Bertz CT molecular complexity index is 797. The molecule has 27 heavy (non-hydrogen) atoms. The number of piperidine rings is 1. The molecule has 0 bridgehead atoms. The minimum absolute atomic E-state index is 0.0466. The van der Waals surface area contributed by atoms with Crippen molar-refractivity contribution in [3.63, 3.8) is 0 Å². The fraction of sp³-hybridized carbons (Fsp3) is 0.381. The highest BCUT2D eigenvalue weighted by atomic mass is 32.1. The molecule has 1 saturated heterocycles. The average molecular weight is 384 g/mol. The van der Waals surface area contributed by atoms with Crippen molar-refractivity contribution in [3.8, 4) is 0 Å². The van der Waals surface area contributed by atoms with Gasteiger partial charge in [-0.25, -0.2) is 4.98 Å². The molecule has 3 rings (SSSR count). The van der Waals surface area contributed by atoms with Crippen LogP contribution < -0.4 is 5.32 Å². The van der Waals surface area contributed by atoms with Gasteiger partial charge in [0.25, 0.3) is 0 Å². The Morgan fingerprint density at radius 1 is 1.30 bits per heavy atom. The monoisotopic (exact) mass is 383 g/mol. The maximum atomic E-state index is 12.5. The van der Waals surface area contributed by atoms with Crippen molar-refractivity contribution < 1.29 is 9.59 Å². The summed E-state index contributed by atoms with van der Waals surface area (Å²) in [4.78, 5) is 30.8. The number of hydrogen-bond acceptors (Lipinski definition) is 4. The van der Waals surface area contributed by atoms with E-state index in [0.29, 0.717) is 24.1 Å². The van der Waals surface area contributed by atoms with Crippen LogP contribution in [-0.4, -0.2) is 34.8 Å². The van der Waals surface area contributed by atoms with Gasteiger partial charge in [0.05, 0.1) is 5.92 Å². The first-order valence-corrected chi connectivity index (χ1v) is 10.2. The van der Waals surface area contributed by atoms with Gasteiger partial charge in [-0.2, -0.15) is 0 Å². The number of thiazole rings is 1. The Morgan fingerprint density at radius 2 is 2.07 bits per heavy atom. The number of hydrogen-bond donors (Lipinski definition) is 1. The van der Waals surface area contributed by atoms with Crippen molar-refractivity contribution in [1.82, 2.24) is 9.88 Å². The molecular formula is C21H25N3O2S. The highest BCUT2D eigenvalue weighted by molar-refractivity contribution is 7.13. The Balaban J connectivity index is 1.56. The van der Waals surface area contributed by atoms with Crippen LogP contribution in [-0.2, 0) is 9.59 Å². The Kier molecular flexibility index (Phi) is 6.40. The first kappa shape index (κ1) is 19.3. The van der Waals surface area contributed by atoms with Crippen LogP contribution in [0.25, 0.3) is 6.08 Å². The van der Waals surface area contributed by atoms with Gasteiger partial charge in [0, 0.05) is 30.7 Å². The summed E-state index contributed by atoms with van der Waals surface area (Å²) >= 11 is 1.40. The van der Waals surface area contributed by atoms with Gasteiger partial charge in [-0.1, -0.05) is 38.1 Å². The molecule has 5 nitrogen and oxygen atoms in total. The lowest BCUT2D eigenvalue weighted by atomic mass is 9.97. The zero-order valence-corrected chi connectivity index (χ0v) is 16.5. The van der Waals surface area contributed by atoms with Crippen LogP contribution in [0.1, 0.15) is 43.7 Å². The predicted octanol–water partition coefficient (Wildman–Crippen LogP) is 4.16. The van der Waals surface area contributed by atoms with E-state index in [1.165, 1.54) is 16.9 Å². The topological polar surface area (TPSA) is 62.3 Å². The van der Waals surface area contributed by atoms with Gasteiger partial charge in [-0.15, -0.1) is 11.3 Å². The number of nitrogens with one attached hydrogen (secondary N) is 1. The third-order valence-corrected chi connectivity index (χ3v) is 5.48. The number of rotatable bonds is 5. The largest absolute Gasteiger partial charge is 0.338 e. The molecule has 0 spiro atoms. The predicted molar refractivity (Wildman–Crippen MR) is 110 cm³/mol. The van der Waals surface area contributed by atoms with Crippen molar-refractivity contribution >= 4 is 34.4 Å². The van der Waals surface area contributed by atoms with Crippen molar-refractivity contribution in [1.29, 1.82) is 0 Å². The first-order chi connectivity index (χ1) is 13.0. The molecule has 142 valence electrons. The van der Waals surface area contributed by atoms with Gasteiger partial charge in [0.15, 0.2) is 5.13 Å². The second-order valence-electron chi connectivity index (χ2n) is 7.10. The van der Waals surface area contributed by atoms with Crippen LogP contribution >= 0.6 is 11.3 Å². The molecule has 0 aliphatic carbocycles. The molecule has 1 fully saturated rings. The lowest BCUT2D eigenvalue weighted by molar-refractivity contribution is -0.130. The van der Waals surface area contributed by atoms with E-state index in [9.17, 15) is 9.59 Å². The molecule has 6 heteroatoms. The number of carbonyl (C=O) groups excluding carboxylic acids is 2. The van der Waals surface area contributed by atoms with Gasteiger partial charge in [0.2, 0.25) is 11.8 Å². The zero-order chi connectivity index (χ0) is 19.2. The fourth-order valence-corrected chi connectivity index (χ4v) is 3.68. The average Bonchev–Trinajstić information content (AvgIpc) is 3.19. The SMILES string of the molecule is CC(C)c1ccc(/C=C/C(=O)N2CCCC(C(=O)Nc3nccs3)C2)cc1. The number of anilines is 1. The number of carbonyl (C=O) groups is 2. The Labute approximate surface area is 164 Å². The maximum absolute atomic E-state index is 12.5. The molecule has 0 saturated carbocycles. The number of amides is 2. The third kappa shape index (κ3) is 5.26. The Hall–Kier alpha value is -2.47. The first-order valence-electron chi connectivity index (χ1n) is 9.30. The number of nitrogens with zero attached hydrogens (tertiary/aromatic N) is 2. The molecule has 1 aliphatic heterocycles. The van der Waals surface area contributed by atoms with Gasteiger partial charge in [-0.3, -0.25) is 9.59 Å². The Morgan fingerprint density at radius 3 is 2.74 bits per heavy atom. The summed E-state index contributed by atoms with van der Waals surface area (Å²) in [6.45, 7) is 5.46. The van der Waals surface area contributed by atoms with Crippen molar-refractivity contribution in [2.24, 2.45) is 5.92 Å². The molecule has 1 aliphatic rings. The van der Waals surface area contributed by atoms with Gasteiger partial charge in [-0.05, 0) is 36.0 Å². The number of benzene rings is 1. The molecule has 2 heterocycles. The van der Waals surface area contributed by atoms with E-state index in [-0.39, 0.29) is 17.7 Å². The van der Waals surface area contributed by atoms with Crippen molar-refractivity contribution in [3.05, 3.63) is 53.0 Å². The standard InChI is InChI=1S/C21H25N3O2S/c1-15(2)17-8-5-16(6-9-17)7-10-19(25)24-12-3-4-18(14-24)20(26)23-21-22-11-13-27-21/h5-11,13,15,18H,3-4,12,14H2,1-2H3,(H,22,23,26)/b10-7+. The van der Waals surface area contributed by atoms with E-state index < -0.39 is 0 Å². The maximum Gasteiger partial charge on any atom is 0.246 e. The van der Waals surface area contributed by atoms with Gasteiger partial charge >= 0.3 is 0 Å². The van der Waals surface area contributed by atoms with E-state index in [1.54, 1.807) is 17.2 Å². The highest BCUT2D eigenvalue weighted by Gasteiger charge is 2.27. The molecule has 1 aromatic carbocycles. The molecule has 2 aromatic rings. The summed E-state index contributed by atoms with van der Waals surface area (Å²) in [5.41, 5.74) is 2.28. The highest BCUT2D eigenvalue weighted by Crippen LogP contribution is 2.20. The van der Waals surface area contributed by atoms with Crippen LogP contribution in [0.2, 0.25) is 0 Å². The van der Waals surface area contributed by atoms with Crippen LogP contribution in [0.4, 0.5) is 5.13 Å². The van der Waals surface area contributed by atoms with E-state index >= 15 is 0 Å². The van der Waals surface area contributed by atoms with E-state index in [0.717, 1.165) is 18.4 Å². The minimum atomic E-state index is -0.190. The summed E-state index contributed by atoms with van der Waals surface area (Å²) in [5, 5.41) is 5.26. The van der Waals surface area contributed by atoms with Gasteiger partial charge in [0.1, 0.15) is 0 Å². The van der Waals surface area contributed by atoms with E-state index in [1.807, 2.05) is 23.6 Å². The quantitative estimate of drug-likeness (QED) is 0.789. The summed E-state index contributed by atoms with van der Waals surface area (Å²) in [6, 6.07) is 8.24. The molecule has 1 atom stereocenters. The van der Waals surface area contributed by atoms with Crippen molar-refractivity contribution in [2.45, 2.75) is 32.6 Å². The third-order valence-electron chi connectivity index (χ3n) is 4.79. The lowest BCUT2D eigenvalue weighted by Crippen LogP contribution is -2.43. The normalized spacial score (nSPS) is 17.4. The van der Waals surface area contributed by atoms with Crippen molar-refractivity contribution in [2.75, 3.05) is 18.4 Å². The fourth-order valence-electron chi connectivity index (χ4n) is 3.15. The summed E-state index contributed by atoms with van der Waals surface area (Å²) in [7, 11) is 0. The van der Waals surface area contributed by atoms with Gasteiger partial charge < -0.3 is 10.2 Å². The molecule has 1 N–H and O–H groups in total. The summed E-state index contributed by atoms with van der Waals surface area (Å²) in [5.74, 6) is 0.196. The van der Waals surface area contributed by atoms with Crippen LogP contribution in [0.5, 0.6) is 0 Å². The molecular weight excluding hydrogens is 358 g/mol. The second-order valence-corrected chi connectivity index (χ2v) is 8.00. The van der Waals surface area contributed by atoms with E-state index in [2.05, 4.69) is 36.3 Å². The summed E-state index contributed by atoms with van der Waals surface area (Å²) < 4.78 is 0. The van der Waals surface area contributed by atoms with Crippen LogP contribution in [0.15, 0.2) is 41.9 Å². The van der Waals surface area contributed by atoms with Crippen LogP contribution in [0, 0.1) is 5.92 Å². The number of likely N-dealkylation sites (tertiary alicyclic amines) is 1. The smallest absolute Gasteiger partial charge is 0.246 e. The van der Waals surface area contributed by atoms with Crippen LogP contribution in [0.3, 0.4) is 0 Å². The molecule has 2 amide bonds. The summed E-state index contributed by atoms with van der Waals surface area (Å²) in [6.07, 6.45) is 6.73. The van der Waals surface area contributed by atoms with E-state index in [4.69, 9.17) is 0 Å². The number of aromatic nitrogens is 1. The molecule has 0 radical (unpaired) electrons. The molecule has 1 unspecified atom stereocenters. The molecule has 1 aromatic heterocycles. The zero-order valence-electron chi connectivity index (χ0n) is 15.7. The second kappa shape index (κ2) is 8.95.